The van der Waals surface area contributed by atoms with Crippen molar-refractivity contribution >= 4 is 27.4 Å². The largest absolute Gasteiger partial charge is 0.396 e. The van der Waals surface area contributed by atoms with Gasteiger partial charge in [0.25, 0.3) is 0 Å². The molecule has 14 heavy (non-hydrogen) atoms. The number of pyridine rings is 1. The molecule has 0 aliphatic heterocycles. The Kier molecular flexibility index (Phi) is 4.16. The fourth-order valence-corrected chi connectivity index (χ4v) is 1.50. The number of hydrogen-bond acceptors (Lipinski definition) is 4. The molecule has 3 N–H and O–H groups in total. The number of anilines is 2. The summed E-state index contributed by atoms with van der Waals surface area (Å²) >= 11 is 3.32. The van der Waals surface area contributed by atoms with Gasteiger partial charge in [-0.3, -0.25) is 0 Å². The molecule has 0 spiro atoms. The van der Waals surface area contributed by atoms with E-state index < -0.39 is 0 Å². The molecule has 0 aliphatic rings. The van der Waals surface area contributed by atoms with Crippen molar-refractivity contribution in [3.63, 3.8) is 0 Å². The fraction of sp³-hybridized carbons (Fsp3) is 0.444. The van der Waals surface area contributed by atoms with E-state index >= 15 is 0 Å². The molecule has 0 aromatic carbocycles. The summed E-state index contributed by atoms with van der Waals surface area (Å²) in [6, 6.07) is 1.86. The Labute approximate surface area is 92.6 Å². The minimum absolute atomic E-state index is 0.693. The predicted molar refractivity (Wildman–Crippen MR) is 63.5 cm³/mol. The molecular formula is C9H15BrN4. The van der Waals surface area contributed by atoms with Gasteiger partial charge in [-0.05, 0) is 29.0 Å². The zero-order chi connectivity index (χ0) is 10.6. The van der Waals surface area contributed by atoms with Crippen LogP contribution in [0.3, 0.4) is 0 Å². The van der Waals surface area contributed by atoms with Crippen molar-refractivity contribution in [2.75, 3.05) is 37.8 Å². The summed E-state index contributed by atoms with van der Waals surface area (Å²) in [5.41, 5.74) is 6.53. The van der Waals surface area contributed by atoms with E-state index in [0.717, 1.165) is 23.4 Å². The Morgan fingerprint density at radius 2 is 2.36 bits per heavy atom. The number of hydrogen-bond donors (Lipinski definition) is 2. The number of aromatic nitrogens is 1. The maximum absolute atomic E-state index is 5.84. The zero-order valence-electron chi connectivity index (χ0n) is 8.42. The summed E-state index contributed by atoms with van der Waals surface area (Å²) in [5, 5.41) is 3.08. The summed E-state index contributed by atoms with van der Waals surface area (Å²) in [7, 11) is 3.90. The molecule has 5 heteroatoms. The molecule has 0 saturated heterocycles. The molecule has 0 atom stereocenters. The summed E-state index contributed by atoms with van der Waals surface area (Å²) in [4.78, 5) is 6.28. The van der Waals surface area contributed by atoms with E-state index in [2.05, 4.69) is 26.2 Å². The molecule has 1 aromatic heterocycles. The lowest BCUT2D eigenvalue weighted by Crippen LogP contribution is -2.28. The van der Waals surface area contributed by atoms with Crippen LogP contribution in [-0.4, -0.2) is 32.2 Å². The van der Waals surface area contributed by atoms with Crippen LogP contribution in [-0.2, 0) is 0 Å². The van der Waals surface area contributed by atoms with Crippen molar-refractivity contribution in [3.8, 4) is 0 Å². The Bertz CT molecular complexity index is 303. The van der Waals surface area contributed by atoms with Crippen LogP contribution in [0, 0.1) is 0 Å². The van der Waals surface area contributed by atoms with Gasteiger partial charge in [-0.2, -0.15) is 0 Å². The van der Waals surface area contributed by atoms with Gasteiger partial charge < -0.3 is 16.0 Å². The average Bonchev–Trinajstić information content (AvgIpc) is 2.14. The van der Waals surface area contributed by atoms with Gasteiger partial charge in [0.1, 0.15) is 0 Å². The lowest BCUT2D eigenvalue weighted by molar-refractivity contribution is 0.762. The first kappa shape index (κ1) is 11.3. The Morgan fingerprint density at radius 3 is 2.93 bits per heavy atom. The van der Waals surface area contributed by atoms with E-state index in [1.54, 1.807) is 6.20 Å². The first-order chi connectivity index (χ1) is 6.65. The van der Waals surface area contributed by atoms with Gasteiger partial charge in [0.2, 0.25) is 0 Å². The molecule has 0 amide bonds. The summed E-state index contributed by atoms with van der Waals surface area (Å²) in [6.45, 7) is 1.79. The van der Waals surface area contributed by atoms with Gasteiger partial charge in [0, 0.05) is 30.8 Å². The number of rotatable bonds is 4. The van der Waals surface area contributed by atoms with E-state index in [-0.39, 0.29) is 0 Å². The van der Waals surface area contributed by atoms with E-state index in [4.69, 9.17) is 5.73 Å². The van der Waals surface area contributed by atoms with Crippen LogP contribution in [0.25, 0.3) is 0 Å². The SMILES string of the molecule is CNCCN(C)c1ncc(Br)cc1N. The summed E-state index contributed by atoms with van der Waals surface area (Å²) in [6.07, 6.45) is 1.75. The lowest BCUT2D eigenvalue weighted by atomic mass is 10.3. The van der Waals surface area contributed by atoms with Crippen LogP contribution in [0.2, 0.25) is 0 Å². The Balaban J connectivity index is 2.74. The number of nitrogens with zero attached hydrogens (tertiary/aromatic N) is 2. The second-order valence-electron chi connectivity index (χ2n) is 3.09. The molecular weight excluding hydrogens is 244 g/mol. The average molecular weight is 259 g/mol. The highest BCUT2D eigenvalue weighted by Crippen LogP contribution is 2.22. The molecule has 1 rings (SSSR count). The van der Waals surface area contributed by atoms with Crippen LogP contribution in [0.15, 0.2) is 16.7 Å². The van der Waals surface area contributed by atoms with Crippen molar-refractivity contribution < 1.29 is 0 Å². The smallest absolute Gasteiger partial charge is 0.151 e. The highest BCUT2D eigenvalue weighted by atomic mass is 79.9. The van der Waals surface area contributed by atoms with Crippen molar-refractivity contribution in [2.45, 2.75) is 0 Å². The number of halogens is 1. The quantitative estimate of drug-likeness (QED) is 0.849. The van der Waals surface area contributed by atoms with Gasteiger partial charge in [0.15, 0.2) is 5.82 Å². The van der Waals surface area contributed by atoms with Crippen LogP contribution < -0.4 is 16.0 Å². The normalized spacial score (nSPS) is 10.2. The minimum atomic E-state index is 0.693. The highest BCUT2D eigenvalue weighted by molar-refractivity contribution is 9.10. The standard InChI is InChI=1S/C9H15BrN4/c1-12-3-4-14(2)9-8(11)5-7(10)6-13-9/h5-6,12H,3-4,11H2,1-2H3. The third kappa shape index (κ3) is 2.85. The fourth-order valence-electron chi connectivity index (χ4n) is 1.15. The van der Waals surface area contributed by atoms with Gasteiger partial charge in [-0.25, -0.2) is 4.98 Å². The van der Waals surface area contributed by atoms with E-state index in [1.807, 2.05) is 25.1 Å². The number of nitrogen functional groups attached to an aromatic ring is 1. The van der Waals surface area contributed by atoms with Crippen LogP contribution >= 0.6 is 15.9 Å². The number of nitrogens with one attached hydrogen (secondary N) is 1. The van der Waals surface area contributed by atoms with Crippen molar-refractivity contribution in [3.05, 3.63) is 16.7 Å². The summed E-state index contributed by atoms with van der Waals surface area (Å²) < 4.78 is 0.903. The van der Waals surface area contributed by atoms with Gasteiger partial charge in [-0.1, -0.05) is 0 Å². The molecule has 0 bridgehead atoms. The highest BCUT2D eigenvalue weighted by Gasteiger charge is 2.06. The van der Waals surface area contributed by atoms with Crippen LogP contribution in [0.4, 0.5) is 11.5 Å². The van der Waals surface area contributed by atoms with E-state index in [0.29, 0.717) is 5.69 Å². The molecule has 0 fully saturated rings. The van der Waals surface area contributed by atoms with Gasteiger partial charge in [-0.15, -0.1) is 0 Å². The predicted octanol–water partition coefficient (Wildman–Crippen LogP) is 1.08. The number of nitrogens with two attached hydrogens (primary N) is 1. The Morgan fingerprint density at radius 1 is 1.64 bits per heavy atom. The van der Waals surface area contributed by atoms with Crippen molar-refractivity contribution in [1.29, 1.82) is 0 Å². The molecule has 1 aromatic rings. The molecule has 4 nitrogen and oxygen atoms in total. The summed E-state index contributed by atoms with van der Waals surface area (Å²) in [5.74, 6) is 0.823. The molecule has 78 valence electrons. The first-order valence-electron chi connectivity index (χ1n) is 4.42. The number of likely N-dealkylation sites (N-methyl/N-ethyl adjacent to an activating group) is 2. The topological polar surface area (TPSA) is 54.2 Å². The van der Waals surface area contributed by atoms with Crippen LogP contribution in [0.5, 0.6) is 0 Å². The van der Waals surface area contributed by atoms with Crippen LogP contribution in [0.1, 0.15) is 0 Å². The first-order valence-corrected chi connectivity index (χ1v) is 5.21. The molecule has 0 saturated carbocycles. The third-order valence-electron chi connectivity index (χ3n) is 1.92. The molecule has 1 heterocycles. The molecule has 0 radical (unpaired) electrons. The second kappa shape index (κ2) is 5.17. The van der Waals surface area contributed by atoms with Gasteiger partial charge in [0.05, 0.1) is 5.69 Å². The molecule has 0 unspecified atom stereocenters. The minimum Gasteiger partial charge on any atom is -0.396 e. The van der Waals surface area contributed by atoms with E-state index in [1.165, 1.54) is 0 Å². The Hall–Kier alpha value is -0.810. The third-order valence-corrected chi connectivity index (χ3v) is 2.35. The van der Waals surface area contributed by atoms with Crippen molar-refractivity contribution in [1.82, 2.24) is 10.3 Å². The van der Waals surface area contributed by atoms with Crippen molar-refractivity contribution in [2.24, 2.45) is 0 Å². The van der Waals surface area contributed by atoms with Gasteiger partial charge >= 0.3 is 0 Å². The maximum atomic E-state index is 5.84. The van der Waals surface area contributed by atoms with E-state index in [9.17, 15) is 0 Å². The zero-order valence-corrected chi connectivity index (χ0v) is 10.0. The molecule has 0 aliphatic carbocycles. The monoisotopic (exact) mass is 258 g/mol. The lowest BCUT2D eigenvalue weighted by Gasteiger charge is -2.19. The second-order valence-corrected chi connectivity index (χ2v) is 4.01. The maximum Gasteiger partial charge on any atom is 0.151 e.